The molecule has 2 saturated carbocycles. The maximum atomic E-state index is 12.2. The molecule has 3 atom stereocenters. The number of fused-ring (bicyclic) bond motifs is 1. The Hall–Kier alpha value is -0.730. The van der Waals surface area contributed by atoms with Crippen molar-refractivity contribution in [3.8, 4) is 0 Å². The minimum absolute atomic E-state index is 0.0285. The Kier molecular flexibility index (Phi) is 3.48. The number of hydrogen-bond donors (Lipinski definition) is 1. The maximum Gasteiger partial charge on any atom is 0.223 e. The van der Waals surface area contributed by atoms with Crippen LogP contribution in [-0.2, 0) is 4.79 Å². The number of carbonyl (C=O) groups excluding carboxylic acids is 1. The van der Waals surface area contributed by atoms with E-state index in [1.807, 2.05) is 19.1 Å². The first-order chi connectivity index (χ1) is 9.04. The molecule has 1 aromatic rings. The summed E-state index contributed by atoms with van der Waals surface area (Å²) in [6.07, 6.45) is 3.49. The molecule has 0 radical (unpaired) electrons. The molecule has 0 aliphatic heterocycles. The second-order valence-electron chi connectivity index (χ2n) is 5.83. The van der Waals surface area contributed by atoms with Crippen molar-refractivity contribution in [2.24, 2.45) is 17.8 Å². The fourth-order valence-electron chi connectivity index (χ4n) is 3.13. The van der Waals surface area contributed by atoms with Crippen molar-refractivity contribution in [2.45, 2.75) is 32.2 Å². The molecule has 0 saturated heterocycles. The molecular formula is C15H17Cl2NO. The lowest BCUT2D eigenvalue weighted by atomic mass is 10.0. The summed E-state index contributed by atoms with van der Waals surface area (Å²) in [5, 5.41) is 4.16. The first kappa shape index (κ1) is 13.3. The molecule has 1 aromatic carbocycles. The van der Waals surface area contributed by atoms with Gasteiger partial charge in [0.25, 0.3) is 0 Å². The van der Waals surface area contributed by atoms with E-state index in [1.54, 1.807) is 6.07 Å². The van der Waals surface area contributed by atoms with Crippen LogP contribution in [0.4, 0.5) is 0 Å². The number of carbonyl (C=O) groups is 1. The number of rotatable bonds is 3. The molecule has 4 heteroatoms. The van der Waals surface area contributed by atoms with E-state index in [0.29, 0.717) is 10.0 Å². The van der Waals surface area contributed by atoms with Gasteiger partial charge in [0, 0.05) is 5.92 Å². The van der Waals surface area contributed by atoms with Crippen LogP contribution in [0.3, 0.4) is 0 Å². The van der Waals surface area contributed by atoms with E-state index in [1.165, 1.54) is 6.42 Å². The zero-order valence-corrected chi connectivity index (χ0v) is 12.3. The zero-order valence-electron chi connectivity index (χ0n) is 10.8. The van der Waals surface area contributed by atoms with Gasteiger partial charge < -0.3 is 5.32 Å². The second-order valence-corrected chi connectivity index (χ2v) is 6.64. The van der Waals surface area contributed by atoms with Crippen LogP contribution in [0.25, 0.3) is 0 Å². The normalized spacial score (nSPS) is 29.7. The summed E-state index contributed by atoms with van der Waals surface area (Å²) in [5.41, 5.74) is 0.992. The molecule has 1 N–H and O–H groups in total. The quantitative estimate of drug-likeness (QED) is 0.889. The van der Waals surface area contributed by atoms with Gasteiger partial charge in [0.05, 0.1) is 16.1 Å². The van der Waals surface area contributed by atoms with Gasteiger partial charge in [-0.3, -0.25) is 4.79 Å². The van der Waals surface area contributed by atoms with Crippen LogP contribution in [0, 0.1) is 17.8 Å². The van der Waals surface area contributed by atoms with Gasteiger partial charge in [0.15, 0.2) is 0 Å². The third-order valence-corrected chi connectivity index (χ3v) is 5.16. The van der Waals surface area contributed by atoms with Crippen molar-refractivity contribution in [3.05, 3.63) is 33.8 Å². The monoisotopic (exact) mass is 297 g/mol. The van der Waals surface area contributed by atoms with E-state index in [4.69, 9.17) is 23.2 Å². The van der Waals surface area contributed by atoms with Crippen molar-refractivity contribution < 1.29 is 4.79 Å². The molecule has 3 unspecified atom stereocenters. The van der Waals surface area contributed by atoms with Crippen molar-refractivity contribution >= 4 is 29.1 Å². The smallest absolute Gasteiger partial charge is 0.223 e. The van der Waals surface area contributed by atoms with E-state index < -0.39 is 0 Å². The van der Waals surface area contributed by atoms with E-state index >= 15 is 0 Å². The van der Waals surface area contributed by atoms with Crippen molar-refractivity contribution in [3.63, 3.8) is 0 Å². The number of benzene rings is 1. The Bertz CT molecular complexity index is 507. The molecule has 19 heavy (non-hydrogen) atoms. The fourth-order valence-corrected chi connectivity index (χ4v) is 3.43. The highest BCUT2D eigenvalue weighted by Crippen LogP contribution is 2.54. The largest absolute Gasteiger partial charge is 0.349 e. The summed E-state index contributed by atoms with van der Waals surface area (Å²) in [6, 6.07) is 5.47. The lowest BCUT2D eigenvalue weighted by molar-refractivity contribution is -0.125. The van der Waals surface area contributed by atoms with Crippen LogP contribution in [0.5, 0.6) is 0 Å². The van der Waals surface area contributed by atoms with Crippen molar-refractivity contribution in [1.82, 2.24) is 5.32 Å². The molecule has 2 fully saturated rings. The first-order valence-electron chi connectivity index (χ1n) is 6.80. The minimum atomic E-state index is -0.0285. The molecule has 2 aliphatic rings. The number of hydrogen-bond acceptors (Lipinski definition) is 1. The first-order valence-corrected chi connectivity index (χ1v) is 7.55. The molecule has 0 bridgehead atoms. The van der Waals surface area contributed by atoms with Crippen molar-refractivity contribution in [1.29, 1.82) is 0 Å². The van der Waals surface area contributed by atoms with Gasteiger partial charge in [-0.1, -0.05) is 29.3 Å². The summed E-state index contributed by atoms with van der Waals surface area (Å²) in [6.45, 7) is 1.98. The molecule has 2 nitrogen and oxygen atoms in total. The summed E-state index contributed by atoms with van der Waals surface area (Å²) >= 11 is 11.9. The Balaban J connectivity index is 1.62. The van der Waals surface area contributed by atoms with Crippen LogP contribution in [0.15, 0.2) is 18.2 Å². The lowest BCUT2D eigenvalue weighted by Gasteiger charge is -2.18. The summed E-state index contributed by atoms with van der Waals surface area (Å²) in [7, 11) is 0. The van der Waals surface area contributed by atoms with E-state index in [-0.39, 0.29) is 17.9 Å². The van der Waals surface area contributed by atoms with Gasteiger partial charge in [-0.05, 0) is 55.7 Å². The molecule has 1 amide bonds. The van der Waals surface area contributed by atoms with Gasteiger partial charge in [-0.15, -0.1) is 0 Å². The number of halogens is 2. The number of amides is 1. The molecule has 0 aromatic heterocycles. The molecule has 0 heterocycles. The summed E-state index contributed by atoms with van der Waals surface area (Å²) in [5.74, 6) is 2.06. The lowest BCUT2D eigenvalue weighted by Crippen LogP contribution is -2.32. The second kappa shape index (κ2) is 4.99. The average molecular weight is 298 g/mol. The number of nitrogens with one attached hydrogen (secondary N) is 1. The van der Waals surface area contributed by atoms with Crippen LogP contribution in [-0.4, -0.2) is 5.91 Å². The highest BCUT2D eigenvalue weighted by atomic mass is 35.5. The van der Waals surface area contributed by atoms with E-state index in [9.17, 15) is 4.79 Å². The summed E-state index contributed by atoms with van der Waals surface area (Å²) < 4.78 is 0. The zero-order chi connectivity index (χ0) is 13.6. The molecule has 0 spiro atoms. The van der Waals surface area contributed by atoms with Crippen LogP contribution >= 0.6 is 23.2 Å². The van der Waals surface area contributed by atoms with E-state index in [0.717, 1.165) is 30.2 Å². The average Bonchev–Trinajstić information content (AvgIpc) is 2.99. The fraction of sp³-hybridized carbons (Fsp3) is 0.533. The van der Waals surface area contributed by atoms with Crippen LogP contribution in [0.2, 0.25) is 10.0 Å². The Morgan fingerprint density at radius 2 is 1.89 bits per heavy atom. The highest BCUT2D eigenvalue weighted by Gasteiger charge is 2.48. The van der Waals surface area contributed by atoms with Crippen LogP contribution in [0.1, 0.15) is 37.8 Å². The van der Waals surface area contributed by atoms with Gasteiger partial charge in [0.1, 0.15) is 0 Å². The van der Waals surface area contributed by atoms with Crippen molar-refractivity contribution in [2.75, 3.05) is 0 Å². The predicted octanol–water partition coefficient (Wildman–Crippen LogP) is 4.22. The maximum absolute atomic E-state index is 12.2. The predicted molar refractivity (Wildman–Crippen MR) is 77.3 cm³/mol. The molecule has 102 valence electrons. The Morgan fingerprint density at radius 3 is 2.53 bits per heavy atom. The van der Waals surface area contributed by atoms with Gasteiger partial charge in [-0.25, -0.2) is 0 Å². The SMILES string of the molecule is CC(NC(=O)C1CC2CC2C1)c1ccc(Cl)c(Cl)c1. The third kappa shape index (κ3) is 2.75. The van der Waals surface area contributed by atoms with Gasteiger partial charge in [0.2, 0.25) is 5.91 Å². The highest BCUT2D eigenvalue weighted by molar-refractivity contribution is 6.42. The molecular weight excluding hydrogens is 281 g/mol. The third-order valence-electron chi connectivity index (χ3n) is 4.42. The summed E-state index contributed by atoms with van der Waals surface area (Å²) in [4.78, 5) is 12.2. The standard InChI is InChI=1S/C15H17Cl2NO/c1-8(9-2-3-13(16)14(17)7-9)18-15(19)12-5-10-4-11(10)6-12/h2-3,7-8,10-12H,4-6H2,1H3,(H,18,19). The minimum Gasteiger partial charge on any atom is -0.349 e. The van der Waals surface area contributed by atoms with Gasteiger partial charge >= 0.3 is 0 Å². The Morgan fingerprint density at radius 1 is 1.21 bits per heavy atom. The molecule has 2 aliphatic carbocycles. The Labute approximate surface area is 123 Å². The van der Waals surface area contributed by atoms with E-state index in [2.05, 4.69) is 5.32 Å². The van der Waals surface area contributed by atoms with Gasteiger partial charge in [-0.2, -0.15) is 0 Å². The molecule has 3 rings (SSSR count). The van der Waals surface area contributed by atoms with Crippen LogP contribution < -0.4 is 5.32 Å². The topological polar surface area (TPSA) is 29.1 Å².